The number of H-pyrrole nitrogens is 1. The van der Waals surface area contributed by atoms with E-state index in [1.54, 1.807) is 0 Å². The fourth-order valence-electron chi connectivity index (χ4n) is 4.48. The van der Waals surface area contributed by atoms with Gasteiger partial charge in [0.15, 0.2) is 0 Å². The second kappa shape index (κ2) is 8.06. The number of hydrogen-bond acceptors (Lipinski definition) is 5. The van der Waals surface area contributed by atoms with Crippen molar-refractivity contribution in [3.05, 3.63) is 30.1 Å². The molecule has 146 valence electrons. The van der Waals surface area contributed by atoms with Crippen molar-refractivity contribution >= 4 is 23.5 Å². The van der Waals surface area contributed by atoms with Crippen LogP contribution >= 0.6 is 0 Å². The molecule has 0 aliphatic carbocycles. The van der Waals surface area contributed by atoms with Gasteiger partial charge in [0.25, 0.3) is 6.47 Å². The number of hydrogen-bond donors (Lipinski definition) is 3. The molecule has 27 heavy (non-hydrogen) atoms. The van der Waals surface area contributed by atoms with Crippen molar-refractivity contribution in [2.45, 2.75) is 31.8 Å². The zero-order valence-corrected chi connectivity index (χ0v) is 15.5. The van der Waals surface area contributed by atoms with Crippen molar-refractivity contribution in [3.8, 4) is 0 Å². The first-order chi connectivity index (χ1) is 13.0. The number of aliphatic carboxylic acids is 1. The van der Waals surface area contributed by atoms with Crippen LogP contribution in [0.4, 0.5) is 0 Å². The normalized spacial score (nSPS) is 26.0. The number of carboxylic acids is 1. The number of aromatic nitrogens is 2. The van der Waals surface area contributed by atoms with Gasteiger partial charge in [0, 0.05) is 12.6 Å². The van der Waals surface area contributed by atoms with Gasteiger partial charge in [0.2, 0.25) is 0 Å². The van der Waals surface area contributed by atoms with Crippen LogP contribution in [0, 0.1) is 5.41 Å². The lowest BCUT2D eigenvalue weighted by molar-refractivity contribution is -0.162. The van der Waals surface area contributed by atoms with E-state index in [-0.39, 0.29) is 12.5 Å². The topological polar surface area (TPSA) is 110 Å². The minimum absolute atomic E-state index is 0.0851. The predicted octanol–water partition coefficient (Wildman–Crippen LogP) is 1.63. The Labute approximate surface area is 157 Å². The summed E-state index contributed by atoms with van der Waals surface area (Å²) in [6.45, 7) is 3.08. The number of likely N-dealkylation sites (N-methyl/N-ethyl adjacent to an activating group) is 1. The predicted molar refractivity (Wildman–Crippen MR) is 100 cm³/mol. The van der Waals surface area contributed by atoms with Crippen LogP contribution in [0.5, 0.6) is 0 Å². The van der Waals surface area contributed by atoms with Gasteiger partial charge in [0.05, 0.1) is 23.0 Å². The van der Waals surface area contributed by atoms with Crippen molar-refractivity contribution in [1.29, 1.82) is 0 Å². The molecule has 2 fully saturated rings. The van der Waals surface area contributed by atoms with Crippen LogP contribution in [-0.4, -0.2) is 75.1 Å². The van der Waals surface area contributed by atoms with Crippen molar-refractivity contribution in [3.63, 3.8) is 0 Å². The highest BCUT2D eigenvalue weighted by molar-refractivity contribution is 5.76. The standard InChI is InChI=1S/C18H24N4O2.CH2O2/c1-21-9-4-7-18(17(23)24)8-10-22(11-15(18)21)12-16-19-13-5-2-3-6-14(13)20-16;2-1-3/h2-3,5-6,15H,4,7-12H2,1H3,(H,19,20)(H,23,24);1H,(H,2,3)/t15-,18+;/m1./s1. The van der Waals surface area contributed by atoms with Crippen molar-refractivity contribution < 1.29 is 19.8 Å². The Bertz CT molecular complexity index is 775. The molecule has 2 aliphatic rings. The van der Waals surface area contributed by atoms with E-state index in [2.05, 4.69) is 26.8 Å². The van der Waals surface area contributed by atoms with Crippen LogP contribution in [-0.2, 0) is 16.1 Å². The Morgan fingerprint density at radius 2 is 2.11 bits per heavy atom. The maximum Gasteiger partial charge on any atom is 0.311 e. The third-order valence-electron chi connectivity index (χ3n) is 5.85. The third kappa shape index (κ3) is 3.81. The van der Waals surface area contributed by atoms with Gasteiger partial charge in [-0.15, -0.1) is 0 Å². The molecule has 0 bridgehead atoms. The van der Waals surface area contributed by atoms with Gasteiger partial charge in [-0.25, -0.2) is 4.98 Å². The monoisotopic (exact) mass is 374 g/mol. The molecule has 1 aromatic heterocycles. The highest BCUT2D eigenvalue weighted by Crippen LogP contribution is 2.42. The van der Waals surface area contributed by atoms with E-state index in [0.29, 0.717) is 0 Å². The minimum Gasteiger partial charge on any atom is -0.483 e. The zero-order valence-electron chi connectivity index (χ0n) is 15.5. The van der Waals surface area contributed by atoms with E-state index >= 15 is 0 Å². The number of rotatable bonds is 3. The van der Waals surface area contributed by atoms with Crippen LogP contribution in [0.15, 0.2) is 24.3 Å². The van der Waals surface area contributed by atoms with Crippen LogP contribution in [0.2, 0.25) is 0 Å². The summed E-state index contributed by atoms with van der Waals surface area (Å²) in [5, 5.41) is 16.7. The largest absolute Gasteiger partial charge is 0.483 e. The number of piperidine rings is 2. The van der Waals surface area contributed by atoms with E-state index in [1.165, 1.54) is 0 Å². The fourth-order valence-corrected chi connectivity index (χ4v) is 4.48. The summed E-state index contributed by atoms with van der Waals surface area (Å²) in [6.07, 6.45) is 2.50. The maximum atomic E-state index is 12.0. The molecule has 0 spiro atoms. The first-order valence-electron chi connectivity index (χ1n) is 9.17. The number of carboxylic acid groups (broad SMARTS) is 2. The number of benzene rings is 1. The number of fused-ring (bicyclic) bond motifs is 2. The van der Waals surface area contributed by atoms with Crippen molar-refractivity contribution in [2.24, 2.45) is 5.41 Å². The lowest BCUT2D eigenvalue weighted by Gasteiger charge is -2.51. The second-order valence-electron chi connectivity index (χ2n) is 7.35. The summed E-state index contributed by atoms with van der Waals surface area (Å²) in [4.78, 5) is 32.9. The molecule has 0 unspecified atom stereocenters. The molecule has 8 nitrogen and oxygen atoms in total. The summed E-state index contributed by atoms with van der Waals surface area (Å²) >= 11 is 0. The summed E-state index contributed by atoms with van der Waals surface area (Å²) in [5.41, 5.74) is 1.47. The highest BCUT2D eigenvalue weighted by atomic mass is 16.4. The first kappa shape index (κ1) is 19.3. The second-order valence-corrected chi connectivity index (χ2v) is 7.35. The molecule has 1 aromatic carbocycles. The summed E-state index contributed by atoms with van der Waals surface area (Å²) in [5.74, 6) is 0.333. The molecule has 2 saturated heterocycles. The molecule has 3 heterocycles. The van der Waals surface area contributed by atoms with Crippen LogP contribution in [0.1, 0.15) is 25.1 Å². The minimum atomic E-state index is -0.623. The van der Waals surface area contributed by atoms with Crippen LogP contribution < -0.4 is 0 Å². The highest BCUT2D eigenvalue weighted by Gasteiger charge is 2.52. The van der Waals surface area contributed by atoms with Gasteiger partial charge in [-0.3, -0.25) is 14.5 Å². The van der Waals surface area contributed by atoms with Gasteiger partial charge in [0.1, 0.15) is 5.82 Å². The van der Waals surface area contributed by atoms with Crippen LogP contribution in [0.3, 0.4) is 0 Å². The third-order valence-corrected chi connectivity index (χ3v) is 5.85. The Balaban J connectivity index is 0.000000659. The van der Waals surface area contributed by atoms with Gasteiger partial charge < -0.3 is 20.1 Å². The van der Waals surface area contributed by atoms with E-state index < -0.39 is 11.4 Å². The molecule has 4 rings (SSSR count). The van der Waals surface area contributed by atoms with Crippen molar-refractivity contribution in [2.75, 3.05) is 26.7 Å². The molecule has 0 amide bonds. The Morgan fingerprint density at radius 1 is 1.37 bits per heavy atom. The number of nitrogens with one attached hydrogen (secondary N) is 1. The quantitative estimate of drug-likeness (QED) is 0.701. The van der Waals surface area contributed by atoms with E-state index in [1.807, 2.05) is 24.3 Å². The summed E-state index contributed by atoms with van der Waals surface area (Å²) < 4.78 is 0. The van der Waals surface area contributed by atoms with Gasteiger partial charge in [-0.05, 0) is 51.5 Å². The number of aromatic amines is 1. The molecule has 3 N–H and O–H groups in total. The van der Waals surface area contributed by atoms with Crippen molar-refractivity contribution in [1.82, 2.24) is 19.8 Å². The summed E-state index contributed by atoms with van der Waals surface area (Å²) in [7, 11) is 2.06. The molecule has 2 atom stereocenters. The van der Waals surface area contributed by atoms with E-state index in [4.69, 9.17) is 9.90 Å². The smallest absolute Gasteiger partial charge is 0.311 e. The van der Waals surface area contributed by atoms with E-state index in [9.17, 15) is 9.90 Å². The van der Waals surface area contributed by atoms with Gasteiger partial charge >= 0.3 is 5.97 Å². The number of para-hydroxylation sites is 2. The summed E-state index contributed by atoms with van der Waals surface area (Å²) in [6, 6.07) is 8.12. The molecule has 8 heteroatoms. The lowest BCUT2D eigenvalue weighted by Crippen LogP contribution is -2.62. The maximum absolute atomic E-state index is 12.0. The average molecular weight is 374 g/mol. The molecular weight excluding hydrogens is 348 g/mol. The molecule has 2 aromatic rings. The molecule has 0 saturated carbocycles. The SMILES string of the molecule is CN1CCC[C@]2(C(=O)O)CCN(Cc3nc4ccccc4[nH]3)C[C@@H]12.O=CO. The lowest BCUT2D eigenvalue weighted by atomic mass is 9.68. The molecular formula is C19H26N4O4. The Morgan fingerprint density at radius 3 is 2.81 bits per heavy atom. The molecule has 0 radical (unpaired) electrons. The first-order valence-corrected chi connectivity index (χ1v) is 9.17. The number of likely N-dealkylation sites (tertiary alicyclic amines) is 2. The number of imidazole rings is 1. The number of carbonyl (C=O) groups is 2. The van der Waals surface area contributed by atoms with Gasteiger partial charge in [-0.2, -0.15) is 0 Å². The van der Waals surface area contributed by atoms with Gasteiger partial charge in [-0.1, -0.05) is 12.1 Å². The Kier molecular flexibility index (Phi) is 5.76. The fraction of sp³-hybridized carbons (Fsp3) is 0.526. The van der Waals surface area contributed by atoms with E-state index in [0.717, 1.165) is 62.3 Å². The number of nitrogens with zero attached hydrogens (tertiary/aromatic N) is 3. The Hall–Kier alpha value is -2.45. The molecule has 2 aliphatic heterocycles. The zero-order chi connectivity index (χ0) is 19.4. The van der Waals surface area contributed by atoms with Crippen LogP contribution in [0.25, 0.3) is 11.0 Å². The average Bonchev–Trinajstić information content (AvgIpc) is 3.05.